The lowest BCUT2D eigenvalue weighted by molar-refractivity contribution is -0.690. The van der Waals surface area contributed by atoms with Crippen molar-refractivity contribution in [2.45, 2.75) is 25.9 Å². The minimum absolute atomic E-state index is 0.0580. The van der Waals surface area contributed by atoms with Gasteiger partial charge in [-0.25, -0.2) is 13.5 Å². The first kappa shape index (κ1) is 17.6. The van der Waals surface area contributed by atoms with Gasteiger partial charge in [0.2, 0.25) is 0 Å². The van der Waals surface area contributed by atoms with Crippen molar-refractivity contribution in [2.24, 2.45) is 0 Å². The van der Waals surface area contributed by atoms with Crippen LogP contribution in [0, 0.1) is 5.82 Å². The molecule has 0 spiro atoms. The second kappa shape index (κ2) is 7.17. The van der Waals surface area contributed by atoms with Crippen LogP contribution in [-0.4, -0.2) is 10.5 Å². The Morgan fingerprint density at radius 2 is 1.83 bits per heavy atom. The molecule has 1 aromatic heterocycles. The summed E-state index contributed by atoms with van der Waals surface area (Å²) in [6, 6.07) is 20.5. The number of nitrogens with zero attached hydrogens (tertiary/aromatic N) is 2. The molecule has 0 atom stereocenters. The lowest BCUT2D eigenvalue weighted by Crippen LogP contribution is -2.42. The highest BCUT2D eigenvalue weighted by atomic mass is 19.1. The SMILES string of the molecule is O=C(C[n+]1cc(-c2ccc(F)cc2)n2c1CCC2)Nc1cccc2ccccc12. The van der Waals surface area contributed by atoms with Crippen LogP contribution in [0.15, 0.2) is 72.9 Å². The molecule has 3 aromatic carbocycles. The molecule has 2 heterocycles. The highest BCUT2D eigenvalue weighted by Gasteiger charge is 2.29. The molecule has 5 rings (SSSR count). The number of nitrogens with one attached hydrogen (secondary N) is 1. The van der Waals surface area contributed by atoms with Crippen molar-refractivity contribution in [2.75, 3.05) is 5.32 Å². The molecule has 0 fully saturated rings. The molecule has 4 nitrogen and oxygen atoms in total. The van der Waals surface area contributed by atoms with Crippen LogP contribution >= 0.6 is 0 Å². The number of rotatable bonds is 4. The molecule has 144 valence electrons. The standard InChI is InChI=1S/C24H20FN3O/c25-19-12-10-18(11-13-19)22-15-27(24-9-4-14-28(22)24)16-23(29)26-21-8-3-6-17-5-1-2-7-20(17)21/h1-3,5-8,10-13,15H,4,9,14,16H2/p+1. The van der Waals surface area contributed by atoms with E-state index in [4.69, 9.17) is 0 Å². The number of fused-ring (bicyclic) bond motifs is 2. The van der Waals surface area contributed by atoms with Crippen LogP contribution in [0.25, 0.3) is 22.0 Å². The first-order chi connectivity index (χ1) is 14.2. The van der Waals surface area contributed by atoms with Crippen LogP contribution in [0.5, 0.6) is 0 Å². The highest BCUT2D eigenvalue weighted by molar-refractivity contribution is 6.01. The van der Waals surface area contributed by atoms with Gasteiger partial charge in [0.25, 0.3) is 11.7 Å². The number of amides is 1. The van der Waals surface area contributed by atoms with Crippen LogP contribution in [0.3, 0.4) is 0 Å². The van der Waals surface area contributed by atoms with E-state index < -0.39 is 0 Å². The molecule has 0 saturated carbocycles. The van der Waals surface area contributed by atoms with E-state index in [1.165, 1.54) is 12.1 Å². The normalized spacial score (nSPS) is 12.9. The summed E-state index contributed by atoms with van der Waals surface area (Å²) < 4.78 is 17.6. The third kappa shape index (κ3) is 3.29. The number of imidazole rings is 1. The summed E-state index contributed by atoms with van der Waals surface area (Å²) in [5, 5.41) is 5.19. The largest absolute Gasteiger partial charge is 0.322 e. The minimum atomic E-state index is -0.246. The average Bonchev–Trinajstić information content (AvgIpc) is 3.33. The molecule has 1 aliphatic heterocycles. The van der Waals surface area contributed by atoms with E-state index in [9.17, 15) is 9.18 Å². The van der Waals surface area contributed by atoms with Gasteiger partial charge in [-0.3, -0.25) is 4.79 Å². The van der Waals surface area contributed by atoms with E-state index in [1.54, 1.807) is 12.1 Å². The molecule has 29 heavy (non-hydrogen) atoms. The van der Waals surface area contributed by atoms with Gasteiger partial charge in [-0.1, -0.05) is 36.4 Å². The molecule has 1 N–H and O–H groups in total. The third-order valence-electron chi connectivity index (χ3n) is 5.51. The summed E-state index contributed by atoms with van der Waals surface area (Å²) in [6.07, 6.45) is 3.99. The number of hydrogen-bond acceptors (Lipinski definition) is 1. The van der Waals surface area contributed by atoms with Gasteiger partial charge < -0.3 is 5.32 Å². The molecule has 1 aliphatic rings. The number of anilines is 1. The van der Waals surface area contributed by atoms with Gasteiger partial charge in [-0.05, 0) is 42.1 Å². The Morgan fingerprint density at radius 3 is 2.69 bits per heavy atom. The molecule has 0 radical (unpaired) electrons. The molecular weight excluding hydrogens is 365 g/mol. The monoisotopic (exact) mass is 386 g/mol. The summed E-state index contributed by atoms with van der Waals surface area (Å²) in [5.74, 6) is 0.832. The van der Waals surface area contributed by atoms with Gasteiger partial charge in [0.1, 0.15) is 12.0 Å². The van der Waals surface area contributed by atoms with Gasteiger partial charge in [0.15, 0.2) is 12.2 Å². The Kier molecular flexibility index (Phi) is 4.35. The maximum atomic E-state index is 13.3. The summed E-state index contributed by atoms with van der Waals surface area (Å²) >= 11 is 0. The molecule has 0 bridgehead atoms. The Labute approximate surface area is 168 Å². The maximum Gasteiger partial charge on any atom is 0.266 e. The van der Waals surface area contributed by atoms with Gasteiger partial charge in [0.05, 0.1) is 13.0 Å². The Hall–Kier alpha value is -3.47. The quantitative estimate of drug-likeness (QED) is 0.521. The maximum absolute atomic E-state index is 13.3. The molecule has 4 aromatic rings. The van der Waals surface area contributed by atoms with Crippen molar-refractivity contribution in [1.29, 1.82) is 0 Å². The Balaban J connectivity index is 1.42. The van der Waals surface area contributed by atoms with Crippen LogP contribution < -0.4 is 9.88 Å². The van der Waals surface area contributed by atoms with E-state index in [0.717, 1.165) is 52.9 Å². The summed E-state index contributed by atoms with van der Waals surface area (Å²) in [5.41, 5.74) is 2.81. The fourth-order valence-corrected chi connectivity index (χ4v) is 4.18. The second-order valence-electron chi connectivity index (χ2n) is 7.40. The summed E-state index contributed by atoms with van der Waals surface area (Å²) in [4.78, 5) is 12.8. The van der Waals surface area contributed by atoms with E-state index in [-0.39, 0.29) is 18.3 Å². The van der Waals surface area contributed by atoms with Crippen LogP contribution in [0.4, 0.5) is 10.1 Å². The fraction of sp³-hybridized carbons (Fsp3) is 0.167. The lowest BCUT2D eigenvalue weighted by Gasteiger charge is -2.08. The molecule has 1 amide bonds. The van der Waals surface area contributed by atoms with E-state index >= 15 is 0 Å². The Morgan fingerprint density at radius 1 is 1.03 bits per heavy atom. The van der Waals surface area contributed by atoms with E-state index in [0.29, 0.717) is 0 Å². The highest BCUT2D eigenvalue weighted by Crippen LogP contribution is 2.25. The molecule has 5 heteroatoms. The average molecular weight is 386 g/mol. The fourth-order valence-electron chi connectivity index (χ4n) is 4.18. The van der Waals surface area contributed by atoms with Gasteiger partial charge in [-0.15, -0.1) is 0 Å². The molecule has 0 unspecified atom stereocenters. The van der Waals surface area contributed by atoms with Gasteiger partial charge in [0, 0.05) is 16.6 Å². The second-order valence-corrected chi connectivity index (χ2v) is 7.40. The number of aromatic nitrogens is 2. The number of carbonyl (C=O) groups is 1. The molecule has 0 aliphatic carbocycles. The van der Waals surface area contributed by atoms with Crippen molar-refractivity contribution in [1.82, 2.24) is 4.57 Å². The van der Waals surface area contributed by atoms with Crippen LogP contribution in [0.2, 0.25) is 0 Å². The number of carbonyl (C=O) groups excluding carboxylic acids is 1. The zero-order valence-corrected chi connectivity index (χ0v) is 15.9. The third-order valence-corrected chi connectivity index (χ3v) is 5.51. The summed E-state index contributed by atoms with van der Waals surface area (Å²) in [6.45, 7) is 1.17. The summed E-state index contributed by atoms with van der Waals surface area (Å²) in [7, 11) is 0. The lowest BCUT2D eigenvalue weighted by atomic mass is 10.1. The van der Waals surface area contributed by atoms with Crippen LogP contribution in [0.1, 0.15) is 12.2 Å². The van der Waals surface area contributed by atoms with Crippen molar-refractivity contribution in [3.8, 4) is 11.3 Å². The van der Waals surface area contributed by atoms with Crippen molar-refractivity contribution in [3.63, 3.8) is 0 Å². The van der Waals surface area contributed by atoms with E-state index in [2.05, 4.69) is 9.88 Å². The predicted molar refractivity (Wildman–Crippen MR) is 111 cm³/mol. The smallest absolute Gasteiger partial charge is 0.266 e. The molecular formula is C24H21FN3O+. The first-order valence-electron chi connectivity index (χ1n) is 9.84. The number of halogens is 1. The number of hydrogen-bond donors (Lipinski definition) is 1. The minimum Gasteiger partial charge on any atom is -0.322 e. The first-order valence-corrected chi connectivity index (χ1v) is 9.84. The Bertz CT molecular complexity index is 1210. The van der Waals surface area contributed by atoms with Crippen molar-refractivity contribution < 1.29 is 13.8 Å². The van der Waals surface area contributed by atoms with E-state index in [1.807, 2.05) is 53.2 Å². The van der Waals surface area contributed by atoms with Crippen LogP contribution in [-0.2, 0) is 24.3 Å². The predicted octanol–water partition coefficient (Wildman–Crippen LogP) is 4.32. The van der Waals surface area contributed by atoms with Gasteiger partial charge >= 0.3 is 0 Å². The van der Waals surface area contributed by atoms with Crippen molar-refractivity contribution in [3.05, 3.63) is 84.6 Å². The number of benzene rings is 3. The zero-order valence-electron chi connectivity index (χ0n) is 15.9. The zero-order chi connectivity index (χ0) is 19.8. The topological polar surface area (TPSA) is 37.9 Å². The van der Waals surface area contributed by atoms with Gasteiger partial charge in [-0.2, -0.15) is 0 Å². The molecule has 0 saturated heterocycles. The van der Waals surface area contributed by atoms with Crippen molar-refractivity contribution >= 4 is 22.4 Å².